The normalized spacial score (nSPS) is 21.1. The summed E-state index contributed by atoms with van der Waals surface area (Å²) in [6.07, 6.45) is 15.8. The first-order chi connectivity index (χ1) is 11.4. The molecule has 0 aromatic carbocycles. The Labute approximate surface area is 152 Å². The molecule has 0 aliphatic heterocycles. The fourth-order valence-electron chi connectivity index (χ4n) is 2.95. The standard InChI is InChI=1S/C17H31N.C6H12/c1-6-10-15(5)11-12-16(7-2)13-14-17(18,8-3)9-4;1-3-6-4-5(6)2/h7,11-12H,2,6,8-10,13-14,18H2,1,3-5H3;5-6H,3-4H2,1-2H3/b15-11+,16-12+;. The van der Waals surface area contributed by atoms with E-state index in [-0.39, 0.29) is 5.54 Å². The van der Waals surface area contributed by atoms with Crippen LogP contribution in [-0.4, -0.2) is 5.54 Å². The van der Waals surface area contributed by atoms with Gasteiger partial charge in [-0.15, -0.1) is 0 Å². The van der Waals surface area contributed by atoms with E-state index >= 15 is 0 Å². The SMILES string of the molecule is C=C/C(=C\C=C(/C)CCC)CCC(N)(CC)CC.CCC1CC1C. The van der Waals surface area contributed by atoms with Gasteiger partial charge in [-0.1, -0.05) is 77.8 Å². The molecule has 0 spiro atoms. The third-order valence-electron chi connectivity index (χ3n) is 5.61. The van der Waals surface area contributed by atoms with Crippen molar-refractivity contribution in [2.75, 3.05) is 0 Å². The Kier molecular flexibility index (Phi) is 12.1. The average molecular weight is 334 g/mol. The smallest absolute Gasteiger partial charge is 0.0152 e. The van der Waals surface area contributed by atoms with E-state index in [2.05, 4.69) is 60.3 Å². The minimum atomic E-state index is -0.00965. The Morgan fingerprint density at radius 1 is 1.12 bits per heavy atom. The van der Waals surface area contributed by atoms with Crippen LogP contribution in [0.15, 0.2) is 36.0 Å². The highest BCUT2D eigenvalue weighted by Gasteiger charge is 2.29. The van der Waals surface area contributed by atoms with Gasteiger partial charge in [0.2, 0.25) is 0 Å². The van der Waals surface area contributed by atoms with Crippen LogP contribution in [0, 0.1) is 11.8 Å². The molecular formula is C23H43N. The maximum absolute atomic E-state index is 6.33. The summed E-state index contributed by atoms with van der Waals surface area (Å²) in [4.78, 5) is 0. The van der Waals surface area contributed by atoms with Crippen molar-refractivity contribution < 1.29 is 0 Å². The maximum Gasteiger partial charge on any atom is 0.0152 e. The van der Waals surface area contributed by atoms with Gasteiger partial charge in [0.1, 0.15) is 0 Å². The van der Waals surface area contributed by atoms with Crippen LogP contribution in [0.2, 0.25) is 0 Å². The van der Waals surface area contributed by atoms with Crippen LogP contribution in [0.3, 0.4) is 0 Å². The van der Waals surface area contributed by atoms with Crippen LogP contribution in [-0.2, 0) is 0 Å². The van der Waals surface area contributed by atoms with Crippen molar-refractivity contribution in [2.24, 2.45) is 17.6 Å². The molecule has 2 N–H and O–H groups in total. The number of allylic oxidation sites excluding steroid dienone is 5. The summed E-state index contributed by atoms with van der Waals surface area (Å²) in [7, 11) is 0. The average Bonchev–Trinajstić information content (AvgIpc) is 3.31. The van der Waals surface area contributed by atoms with Gasteiger partial charge in [0.25, 0.3) is 0 Å². The molecule has 1 fully saturated rings. The summed E-state index contributed by atoms with van der Waals surface area (Å²) < 4.78 is 0. The zero-order valence-corrected chi connectivity index (χ0v) is 17.3. The van der Waals surface area contributed by atoms with Crippen LogP contribution in [0.4, 0.5) is 0 Å². The van der Waals surface area contributed by atoms with E-state index in [1.807, 2.05) is 6.08 Å². The molecule has 0 heterocycles. The molecule has 1 rings (SSSR count). The topological polar surface area (TPSA) is 26.0 Å². The molecule has 0 aromatic heterocycles. The Morgan fingerprint density at radius 2 is 1.71 bits per heavy atom. The highest BCUT2D eigenvalue weighted by Crippen LogP contribution is 2.39. The summed E-state index contributed by atoms with van der Waals surface area (Å²) in [5.74, 6) is 2.17. The lowest BCUT2D eigenvalue weighted by molar-refractivity contribution is 0.368. The van der Waals surface area contributed by atoms with E-state index in [0.29, 0.717) is 0 Å². The molecule has 0 aromatic rings. The zero-order chi connectivity index (χ0) is 18.6. The van der Waals surface area contributed by atoms with E-state index < -0.39 is 0 Å². The van der Waals surface area contributed by atoms with Crippen molar-refractivity contribution in [3.63, 3.8) is 0 Å². The number of hydrogen-bond acceptors (Lipinski definition) is 1. The third kappa shape index (κ3) is 10.1. The molecule has 0 saturated heterocycles. The molecule has 1 saturated carbocycles. The fraction of sp³-hybridized carbons (Fsp3) is 0.739. The van der Waals surface area contributed by atoms with Gasteiger partial charge in [-0.3, -0.25) is 0 Å². The largest absolute Gasteiger partial charge is 0.325 e. The van der Waals surface area contributed by atoms with Gasteiger partial charge < -0.3 is 5.73 Å². The van der Waals surface area contributed by atoms with Crippen LogP contribution in [0.25, 0.3) is 0 Å². The van der Waals surface area contributed by atoms with Crippen molar-refractivity contribution in [2.45, 2.75) is 98.4 Å². The van der Waals surface area contributed by atoms with Crippen molar-refractivity contribution >= 4 is 0 Å². The Morgan fingerprint density at radius 3 is 2.04 bits per heavy atom. The van der Waals surface area contributed by atoms with Gasteiger partial charge in [0, 0.05) is 5.54 Å². The maximum atomic E-state index is 6.33. The van der Waals surface area contributed by atoms with Gasteiger partial charge in [-0.2, -0.15) is 0 Å². The zero-order valence-electron chi connectivity index (χ0n) is 17.3. The van der Waals surface area contributed by atoms with Crippen molar-refractivity contribution in [3.8, 4) is 0 Å². The monoisotopic (exact) mass is 333 g/mol. The molecule has 140 valence electrons. The molecule has 1 aliphatic carbocycles. The van der Waals surface area contributed by atoms with E-state index in [1.54, 1.807) is 0 Å². The highest BCUT2D eigenvalue weighted by molar-refractivity contribution is 5.24. The lowest BCUT2D eigenvalue weighted by atomic mass is 9.87. The number of rotatable bonds is 10. The molecule has 24 heavy (non-hydrogen) atoms. The molecule has 0 radical (unpaired) electrons. The van der Waals surface area contributed by atoms with Crippen LogP contribution in [0.5, 0.6) is 0 Å². The Bertz CT molecular complexity index is 396. The van der Waals surface area contributed by atoms with Gasteiger partial charge in [-0.05, 0) is 62.9 Å². The summed E-state index contributed by atoms with van der Waals surface area (Å²) in [5, 5.41) is 0. The van der Waals surface area contributed by atoms with Crippen LogP contribution >= 0.6 is 0 Å². The van der Waals surface area contributed by atoms with E-state index in [1.165, 1.54) is 36.8 Å². The molecule has 1 nitrogen and oxygen atoms in total. The van der Waals surface area contributed by atoms with Crippen molar-refractivity contribution in [1.82, 2.24) is 0 Å². The second-order valence-corrected chi connectivity index (χ2v) is 7.66. The summed E-state index contributed by atoms with van der Waals surface area (Å²) >= 11 is 0. The van der Waals surface area contributed by atoms with Gasteiger partial charge in [0.15, 0.2) is 0 Å². The predicted octanol–water partition coefficient (Wildman–Crippen LogP) is 7.20. The predicted molar refractivity (Wildman–Crippen MR) is 111 cm³/mol. The lowest BCUT2D eigenvalue weighted by Crippen LogP contribution is -2.38. The summed E-state index contributed by atoms with van der Waals surface area (Å²) in [6.45, 7) is 17.2. The molecule has 0 amide bonds. The highest BCUT2D eigenvalue weighted by atomic mass is 14.7. The summed E-state index contributed by atoms with van der Waals surface area (Å²) in [5.41, 5.74) is 9.04. The van der Waals surface area contributed by atoms with Gasteiger partial charge in [-0.25, -0.2) is 0 Å². The lowest BCUT2D eigenvalue weighted by Gasteiger charge is -2.26. The second-order valence-electron chi connectivity index (χ2n) is 7.66. The van der Waals surface area contributed by atoms with Crippen LogP contribution < -0.4 is 5.73 Å². The minimum absolute atomic E-state index is 0.00965. The van der Waals surface area contributed by atoms with E-state index in [4.69, 9.17) is 5.73 Å². The van der Waals surface area contributed by atoms with E-state index in [9.17, 15) is 0 Å². The number of nitrogens with two attached hydrogens (primary N) is 1. The van der Waals surface area contributed by atoms with Crippen LogP contribution in [0.1, 0.15) is 92.9 Å². The molecular weight excluding hydrogens is 290 g/mol. The quantitative estimate of drug-likeness (QED) is 0.420. The fourth-order valence-corrected chi connectivity index (χ4v) is 2.95. The van der Waals surface area contributed by atoms with Crippen molar-refractivity contribution in [3.05, 3.63) is 36.0 Å². The molecule has 1 heteroatoms. The van der Waals surface area contributed by atoms with Gasteiger partial charge in [0.05, 0.1) is 0 Å². The second kappa shape index (κ2) is 12.5. The first-order valence-corrected chi connectivity index (χ1v) is 10.1. The third-order valence-corrected chi connectivity index (χ3v) is 5.61. The number of hydrogen-bond donors (Lipinski definition) is 1. The Balaban J connectivity index is 0.000000728. The Hall–Kier alpha value is -0.820. The molecule has 2 unspecified atom stereocenters. The molecule has 0 bridgehead atoms. The molecule has 1 aliphatic rings. The first-order valence-electron chi connectivity index (χ1n) is 10.1. The summed E-state index contributed by atoms with van der Waals surface area (Å²) in [6, 6.07) is 0. The molecule has 2 atom stereocenters. The van der Waals surface area contributed by atoms with Gasteiger partial charge >= 0.3 is 0 Å². The van der Waals surface area contributed by atoms with E-state index in [0.717, 1.165) is 37.5 Å². The van der Waals surface area contributed by atoms with Crippen molar-refractivity contribution in [1.29, 1.82) is 0 Å². The first kappa shape index (κ1) is 23.2. The minimum Gasteiger partial charge on any atom is -0.325 e.